The molecule has 0 aliphatic carbocycles. The number of likely N-dealkylation sites (tertiary alicyclic amines) is 1. The molecule has 2 aromatic rings. The van der Waals surface area contributed by atoms with Crippen molar-refractivity contribution in [1.82, 2.24) is 9.88 Å². The minimum Gasteiger partial charge on any atom is -0.332 e. The van der Waals surface area contributed by atoms with Gasteiger partial charge in [0.2, 0.25) is 0 Å². The molecule has 0 unspecified atom stereocenters. The number of carbonyl (C=O) groups excluding carboxylic acids is 1. The van der Waals surface area contributed by atoms with Crippen molar-refractivity contribution in [3.05, 3.63) is 59.8 Å². The average molecular weight is 355 g/mol. The molecule has 1 saturated heterocycles. The van der Waals surface area contributed by atoms with Crippen LogP contribution in [0.25, 0.3) is 0 Å². The smallest absolute Gasteiger partial charge is 0.254 e. The molecule has 132 valence electrons. The van der Waals surface area contributed by atoms with Gasteiger partial charge >= 0.3 is 0 Å². The van der Waals surface area contributed by atoms with Crippen LogP contribution in [-0.2, 0) is 0 Å². The predicted octanol–water partition coefficient (Wildman–Crippen LogP) is 5.34. The molecule has 1 aliphatic rings. The lowest BCUT2D eigenvalue weighted by Gasteiger charge is -2.36. The fourth-order valence-corrected chi connectivity index (χ4v) is 4.10. The lowest BCUT2D eigenvalue weighted by molar-refractivity contribution is 0.0611. The van der Waals surface area contributed by atoms with Gasteiger partial charge in [0.15, 0.2) is 0 Å². The third-order valence-electron chi connectivity index (χ3n) is 4.34. The molecule has 4 heteroatoms. The summed E-state index contributed by atoms with van der Waals surface area (Å²) in [6.07, 6.45) is 5.18. The van der Waals surface area contributed by atoms with E-state index in [4.69, 9.17) is 0 Å². The molecule has 1 fully saturated rings. The molecule has 0 N–H and O–H groups in total. The summed E-state index contributed by atoms with van der Waals surface area (Å²) >= 11 is 1.77. The minimum absolute atomic E-state index is 0.124. The number of rotatable bonds is 3. The van der Waals surface area contributed by atoms with E-state index in [-0.39, 0.29) is 16.7 Å². The van der Waals surface area contributed by atoms with Crippen molar-refractivity contribution in [1.29, 1.82) is 0 Å². The largest absolute Gasteiger partial charge is 0.332 e. The number of carbonyl (C=O) groups is 1. The summed E-state index contributed by atoms with van der Waals surface area (Å²) in [5, 5.41) is 1.04. The van der Waals surface area contributed by atoms with Crippen LogP contribution in [-0.4, -0.2) is 27.1 Å². The molecule has 0 spiro atoms. The summed E-state index contributed by atoms with van der Waals surface area (Å²) in [6.45, 7) is 7.38. The van der Waals surface area contributed by atoms with E-state index < -0.39 is 0 Å². The topological polar surface area (TPSA) is 33.2 Å². The standard InChI is InChI=1S/C21H26N2OS/c1-21(2,3)25-19-13-12-17(15-22-19)18-11-7-8-14-23(18)20(24)16-9-5-4-6-10-16/h4-6,9-10,12-13,15,18H,7-8,11,14H2,1-3H3/t18-/m1/s1. The van der Waals surface area contributed by atoms with Gasteiger partial charge in [-0.1, -0.05) is 45.0 Å². The summed E-state index contributed by atoms with van der Waals surface area (Å²) in [4.78, 5) is 19.6. The van der Waals surface area contributed by atoms with Crippen molar-refractivity contribution < 1.29 is 4.79 Å². The molecule has 25 heavy (non-hydrogen) atoms. The van der Waals surface area contributed by atoms with Gasteiger partial charge in [0.25, 0.3) is 5.91 Å². The molecule has 0 bridgehead atoms. The Balaban J connectivity index is 1.80. The molecular formula is C21H26N2OS. The number of amides is 1. The zero-order valence-electron chi connectivity index (χ0n) is 15.2. The highest BCUT2D eigenvalue weighted by Gasteiger charge is 2.29. The van der Waals surface area contributed by atoms with Crippen LogP contribution in [0.3, 0.4) is 0 Å². The van der Waals surface area contributed by atoms with E-state index in [0.717, 1.165) is 42.0 Å². The Labute approximate surface area is 154 Å². The van der Waals surface area contributed by atoms with Crippen molar-refractivity contribution in [3.8, 4) is 0 Å². The minimum atomic E-state index is 0.124. The van der Waals surface area contributed by atoms with Crippen molar-refractivity contribution in [3.63, 3.8) is 0 Å². The Kier molecular flexibility index (Phi) is 5.48. The summed E-state index contributed by atoms with van der Waals surface area (Å²) < 4.78 is 0.147. The Hall–Kier alpha value is -1.81. The molecule has 0 radical (unpaired) electrons. The Morgan fingerprint density at radius 3 is 2.52 bits per heavy atom. The molecule has 1 amide bonds. The van der Waals surface area contributed by atoms with Crippen LogP contribution in [0.15, 0.2) is 53.7 Å². The van der Waals surface area contributed by atoms with Crippen molar-refractivity contribution in [2.24, 2.45) is 0 Å². The van der Waals surface area contributed by atoms with E-state index in [9.17, 15) is 4.79 Å². The number of benzene rings is 1. The van der Waals surface area contributed by atoms with Gasteiger partial charge in [0.05, 0.1) is 11.1 Å². The lowest BCUT2D eigenvalue weighted by atomic mass is 9.95. The molecular weight excluding hydrogens is 328 g/mol. The number of nitrogens with zero attached hydrogens (tertiary/aromatic N) is 2. The number of hydrogen-bond acceptors (Lipinski definition) is 3. The molecule has 2 heterocycles. The SMILES string of the molecule is CC(C)(C)Sc1ccc([C@H]2CCCCN2C(=O)c2ccccc2)cn1. The number of aromatic nitrogens is 1. The van der Waals surface area contributed by atoms with Crippen LogP contribution in [0.5, 0.6) is 0 Å². The zero-order valence-corrected chi connectivity index (χ0v) is 16.1. The van der Waals surface area contributed by atoms with E-state index in [1.165, 1.54) is 0 Å². The zero-order chi connectivity index (χ0) is 17.9. The first-order valence-corrected chi connectivity index (χ1v) is 9.77. The predicted molar refractivity (Wildman–Crippen MR) is 104 cm³/mol. The van der Waals surface area contributed by atoms with Crippen molar-refractivity contribution in [2.45, 2.75) is 55.8 Å². The van der Waals surface area contributed by atoms with Gasteiger partial charge in [0, 0.05) is 23.1 Å². The van der Waals surface area contributed by atoms with Gasteiger partial charge in [0.1, 0.15) is 0 Å². The molecule has 1 aliphatic heterocycles. The van der Waals surface area contributed by atoms with E-state index in [0.29, 0.717) is 0 Å². The quantitative estimate of drug-likeness (QED) is 0.698. The first-order chi connectivity index (χ1) is 11.9. The maximum atomic E-state index is 12.9. The highest BCUT2D eigenvalue weighted by molar-refractivity contribution is 8.00. The second-order valence-electron chi connectivity index (χ2n) is 7.52. The monoisotopic (exact) mass is 354 g/mol. The Morgan fingerprint density at radius 1 is 1.12 bits per heavy atom. The third-order valence-corrected chi connectivity index (χ3v) is 5.40. The lowest BCUT2D eigenvalue weighted by Crippen LogP contribution is -2.38. The van der Waals surface area contributed by atoms with Crippen LogP contribution >= 0.6 is 11.8 Å². The fraction of sp³-hybridized carbons (Fsp3) is 0.429. The second kappa shape index (κ2) is 7.61. The normalized spacial score (nSPS) is 18.2. The van der Waals surface area contributed by atoms with E-state index in [1.807, 2.05) is 41.4 Å². The fourth-order valence-electron chi connectivity index (χ4n) is 3.23. The van der Waals surface area contributed by atoms with Crippen LogP contribution < -0.4 is 0 Å². The van der Waals surface area contributed by atoms with Gasteiger partial charge in [-0.15, -0.1) is 11.8 Å². The molecule has 3 rings (SSSR count). The molecule has 1 aromatic carbocycles. The van der Waals surface area contributed by atoms with E-state index in [1.54, 1.807) is 11.8 Å². The first kappa shape index (κ1) is 18.0. The molecule has 0 saturated carbocycles. The maximum absolute atomic E-state index is 12.9. The second-order valence-corrected chi connectivity index (χ2v) is 9.37. The highest BCUT2D eigenvalue weighted by Crippen LogP contribution is 2.34. The Bertz CT molecular complexity index is 707. The number of pyridine rings is 1. The van der Waals surface area contributed by atoms with Gasteiger partial charge < -0.3 is 4.90 Å². The summed E-state index contributed by atoms with van der Waals surface area (Å²) in [7, 11) is 0. The van der Waals surface area contributed by atoms with Crippen LogP contribution in [0, 0.1) is 0 Å². The third kappa shape index (κ3) is 4.63. The summed E-state index contributed by atoms with van der Waals surface area (Å²) in [5.74, 6) is 0.124. The highest BCUT2D eigenvalue weighted by atomic mass is 32.2. The van der Waals surface area contributed by atoms with Crippen LogP contribution in [0.4, 0.5) is 0 Å². The van der Waals surface area contributed by atoms with Gasteiger partial charge in [-0.3, -0.25) is 4.79 Å². The van der Waals surface area contributed by atoms with Crippen LogP contribution in [0.1, 0.15) is 62.0 Å². The molecule has 3 nitrogen and oxygen atoms in total. The molecule has 1 aromatic heterocycles. The first-order valence-electron chi connectivity index (χ1n) is 8.95. The van der Waals surface area contributed by atoms with E-state index in [2.05, 4.69) is 37.9 Å². The molecule has 1 atom stereocenters. The number of thioether (sulfide) groups is 1. The van der Waals surface area contributed by atoms with Crippen molar-refractivity contribution >= 4 is 17.7 Å². The number of hydrogen-bond donors (Lipinski definition) is 0. The van der Waals surface area contributed by atoms with Crippen molar-refractivity contribution in [2.75, 3.05) is 6.54 Å². The number of piperidine rings is 1. The maximum Gasteiger partial charge on any atom is 0.254 e. The summed E-state index contributed by atoms with van der Waals surface area (Å²) in [6, 6.07) is 13.9. The van der Waals surface area contributed by atoms with Gasteiger partial charge in [-0.2, -0.15) is 0 Å². The van der Waals surface area contributed by atoms with Gasteiger partial charge in [-0.05, 0) is 43.0 Å². The average Bonchev–Trinajstić information content (AvgIpc) is 2.61. The Morgan fingerprint density at radius 2 is 1.88 bits per heavy atom. The van der Waals surface area contributed by atoms with E-state index >= 15 is 0 Å². The summed E-state index contributed by atoms with van der Waals surface area (Å²) in [5.41, 5.74) is 1.91. The van der Waals surface area contributed by atoms with Crippen LogP contribution in [0.2, 0.25) is 0 Å². The van der Waals surface area contributed by atoms with Gasteiger partial charge in [-0.25, -0.2) is 4.98 Å².